The molecule has 0 unspecified atom stereocenters. The Bertz CT molecular complexity index is 628. The van der Waals surface area contributed by atoms with Crippen molar-refractivity contribution in [3.05, 3.63) is 34.9 Å². The molecule has 0 N–H and O–H groups in total. The lowest BCUT2D eigenvalue weighted by Gasteiger charge is -2.29. The van der Waals surface area contributed by atoms with Crippen molar-refractivity contribution in [1.82, 2.24) is 4.90 Å². The van der Waals surface area contributed by atoms with E-state index in [9.17, 15) is 31.1 Å². The van der Waals surface area contributed by atoms with Gasteiger partial charge in [-0.05, 0) is 55.7 Å². The van der Waals surface area contributed by atoms with Gasteiger partial charge in [0.15, 0.2) is 0 Å². The fraction of sp³-hybridized carbons (Fsp3) is 0.588. The molecule has 8 heteroatoms. The van der Waals surface area contributed by atoms with E-state index in [1.54, 1.807) is 0 Å². The Hall–Kier alpha value is -1.73. The number of amides is 1. The van der Waals surface area contributed by atoms with Crippen LogP contribution in [-0.4, -0.2) is 23.9 Å². The summed E-state index contributed by atoms with van der Waals surface area (Å²) < 4.78 is 77.7. The fourth-order valence-electron chi connectivity index (χ4n) is 3.31. The number of hydrogen-bond acceptors (Lipinski definition) is 1. The lowest BCUT2D eigenvalue weighted by Crippen LogP contribution is -2.40. The normalized spacial score (nSPS) is 18.6. The Labute approximate surface area is 140 Å². The predicted molar refractivity (Wildman–Crippen MR) is 77.8 cm³/mol. The zero-order valence-corrected chi connectivity index (χ0v) is 13.4. The number of alkyl halides is 6. The van der Waals surface area contributed by atoms with E-state index in [1.165, 1.54) is 11.9 Å². The maximum atomic E-state index is 12.9. The van der Waals surface area contributed by atoms with Crippen LogP contribution in [-0.2, 0) is 12.4 Å². The number of carbonyl (C=O) groups excluding carboxylic acids is 1. The van der Waals surface area contributed by atoms with Gasteiger partial charge in [0.2, 0.25) is 0 Å². The summed E-state index contributed by atoms with van der Waals surface area (Å²) in [5.74, 6) is -0.191. The van der Waals surface area contributed by atoms with E-state index < -0.39 is 35.0 Å². The van der Waals surface area contributed by atoms with Gasteiger partial charge in [-0.25, -0.2) is 0 Å². The number of halogens is 6. The van der Waals surface area contributed by atoms with Crippen LogP contribution in [0.2, 0.25) is 0 Å². The van der Waals surface area contributed by atoms with Crippen LogP contribution in [0.5, 0.6) is 0 Å². The van der Waals surface area contributed by atoms with Crippen molar-refractivity contribution in [2.75, 3.05) is 7.05 Å². The van der Waals surface area contributed by atoms with E-state index in [1.807, 2.05) is 0 Å². The minimum Gasteiger partial charge on any atom is -0.338 e. The average Bonchev–Trinajstić information content (AvgIpc) is 3.38. The molecule has 0 bridgehead atoms. The molecule has 3 rings (SSSR count). The smallest absolute Gasteiger partial charge is 0.338 e. The van der Waals surface area contributed by atoms with E-state index >= 15 is 0 Å². The highest BCUT2D eigenvalue weighted by Crippen LogP contribution is 2.47. The third-order valence-corrected chi connectivity index (χ3v) is 4.81. The summed E-state index contributed by atoms with van der Waals surface area (Å²) in [4.78, 5) is 13.9. The minimum absolute atomic E-state index is 0.0377. The summed E-state index contributed by atoms with van der Waals surface area (Å²) in [5.41, 5.74) is -3.50. The summed E-state index contributed by atoms with van der Waals surface area (Å²) in [5, 5.41) is 0. The molecule has 0 heterocycles. The van der Waals surface area contributed by atoms with Crippen molar-refractivity contribution in [3.8, 4) is 0 Å². The highest BCUT2D eigenvalue weighted by molar-refractivity contribution is 5.94. The van der Waals surface area contributed by atoms with Gasteiger partial charge >= 0.3 is 12.4 Å². The van der Waals surface area contributed by atoms with Gasteiger partial charge in [0.1, 0.15) is 0 Å². The molecule has 0 aliphatic heterocycles. The molecule has 0 radical (unpaired) electrons. The molecule has 2 aliphatic carbocycles. The Morgan fingerprint density at radius 1 is 0.920 bits per heavy atom. The molecule has 0 aromatic heterocycles. The molecule has 138 valence electrons. The molecular weight excluding hydrogens is 348 g/mol. The minimum atomic E-state index is -4.96. The fourth-order valence-corrected chi connectivity index (χ4v) is 3.31. The molecule has 1 aromatic rings. The molecule has 2 fully saturated rings. The monoisotopic (exact) mass is 365 g/mol. The van der Waals surface area contributed by atoms with E-state index in [2.05, 4.69) is 0 Å². The second-order valence-corrected chi connectivity index (χ2v) is 6.88. The number of carbonyl (C=O) groups is 1. The Balaban J connectivity index is 1.95. The average molecular weight is 365 g/mol. The molecule has 2 nitrogen and oxygen atoms in total. The highest BCUT2D eigenvalue weighted by atomic mass is 19.4. The van der Waals surface area contributed by atoms with Crippen molar-refractivity contribution >= 4 is 5.91 Å². The van der Waals surface area contributed by atoms with Crippen LogP contribution >= 0.6 is 0 Å². The number of rotatable bonds is 4. The van der Waals surface area contributed by atoms with Crippen LogP contribution in [0.15, 0.2) is 18.2 Å². The van der Waals surface area contributed by atoms with E-state index in [0.717, 1.165) is 25.7 Å². The summed E-state index contributed by atoms with van der Waals surface area (Å²) in [6.07, 6.45) is -6.16. The first-order valence-electron chi connectivity index (χ1n) is 8.05. The number of nitrogens with zero attached hydrogens (tertiary/aromatic N) is 1. The molecule has 1 aromatic carbocycles. The van der Waals surface area contributed by atoms with Gasteiger partial charge < -0.3 is 4.90 Å². The van der Waals surface area contributed by atoms with Crippen molar-refractivity contribution in [1.29, 1.82) is 0 Å². The highest BCUT2D eigenvalue weighted by Gasteiger charge is 2.45. The number of hydrogen-bond donors (Lipinski definition) is 0. The number of benzene rings is 1. The first-order valence-corrected chi connectivity index (χ1v) is 8.05. The third-order valence-electron chi connectivity index (χ3n) is 4.81. The summed E-state index contributed by atoms with van der Waals surface area (Å²) in [7, 11) is 1.47. The quantitative estimate of drug-likeness (QED) is 0.689. The van der Waals surface area contributed by atoms with Gasteiger partial charge in [-0.3, -0.25) is 4.79 Å². The second kappa shape index (κ2) is 5.92. The Morgan fingerprint density at radius 2 is 1.32 bits per heavy atom. The van der Waals surface area contributed by atoms with Crippen LogP contribution in [0.3, 0.4) is 0 Å². The maximum absolute atomic E-state index is 12.9. The van der Waals surface area contributed by atoms with Gasteiger partial charge in [0, 0.05) is 18.7 Å². The second-order valence-electron chi connectivity index (χ2n) is 6.88. The molecule has 2 saturated carbocycles. The lowest BCUT2D eigenvalue weighted by molar-refractivity contribution is -0.143. The molecular formula is C17H17F6NO. The van der Waals surface area contributed by atoms with Gasteiger partial charge in [-0.1, -0.05) is 0 Å². The van der Waals surface area contributed by atoms with Crippen LogP contribution in [0.1, 0.15) is 47.2 Å². The van der Waals surface area contributed by atoms with Crippen LogP contribution in [0.4, 0.5) is 26.3 Å². The Kier molecular flexibility index (Phi) is 4.28. The molecule has 1 amide bonds. The van der Waals surface area contributed by atoms with Crippen LogP contribution in [0, 0.1) is 11.8 Å². The topological polar surface area (TPSA) is 20.3 Å². The standard InChI is InChI=1S/C17H17F6NO/c1-24(14(9-2-3-9)10-4-5-10)15(25)11-6-12(16(18,19)20)8-13(7-11)17(21,22)23/h6-10,14H,2-5H2,1H3. The Morgan fingerprint density at radius 3 is 1.64 bits per heavy atom. The SMILES string of the molecule is CN(C(=O)c1cc(C(F)(F)F)cc(C(F)(F)F)c1)C(C1CC1)C1CC1. The maximum Gasteiger partial charge on any atom is 0.416 e. The summed E-state index contributed by atoms with van der Waals surface area (Å²) in [6, 6.07) is 0.947. The van der Waals surface area contributed by atoms with Gasteiger partial charge in [0.05, 0.1) is 11.1 Å². The van der Waals surface area contributed by atoms with Crippen LogP contribution in [0.25, 0.3) is 0 Å². The summed E-state index contributed by atoms with van der Waals surface area (Å²) in [6.45, 7) is 0. The first kappa shape index (κ1) is 18.1. The van der Waals surface area contributed by atoms with Gasteiger partial charge in [-0.2, -0.15) is 26.3 Å². The summed E-state index contributed by atoms with van der Waals surface area (Å²) >= 11 is 0. The molecule has 25 heavy (non-hydrogen) atoms. The largest absolute Gasteiger partial charge is 0.416 e. The third kappa shape index (κ3) is 3.93. The molecule has 0 atom stereocenters. The van der Waals surface area contributed by atoms with Crippen molar-refractivity contribution in [3.63, 3.8) is 0 Å². The van der Waals surface area contributed by atoms with Crippen molar-refractivity contribution < 1.29 is 31.1 Å². The van der Waals surface area contributed by atoms with Crippen molar-refractivity contribution in [2.45, 2.75) is 44.1 Å². The first-order chi connectivity index (χ1) is 11.5. The van der Waals surface area contributed by atoms with Crippen LogP contribution < -0.4 is 0 Å². The van der Waals surface area contributed by atoms with Gasteiger partial charge in [-0.15, -0.1) is 0 Å². The predicted octanol–water partition coefficient (Wildman–Crippen LogP) is 4.98. The van der Waals surface area contributed by atoms with E-state index in [4.69, 9.17) is 0 Å². The molecule has 2 aliphatic rings. The van der Waals surface area contributed by atoms with Gasteiger partial charge in [0.25, 0.3) is 5.91 Å². The lowest BCUT2D eigenvalue weighted by atomic mass is 10.0. The molecule has 0 spiro atoms. The zero-order chi connectivity index (χ0) is 18.6. The van der Waals surface area contributed by atoms with E-state index in [0.29, 0.717) is 24.0 Å². The molecule has 0 saturated heterocycles. The van der Waals surface area contributed by atoms with E-state index in [-0.39, 0.29) is 12.1 Å². The zero-order valence-electron chi connectivity index (χ0n) is 13.4. The van der Waals surface area contributed by atoms with Crippen molar-refractivity contribution in [2.24, 2.45) is 11.8 Å².